The van der Waals surface area contributed by atoms with Crippen LogP contribution < -0.4 is 16.4 Å². The molecule has 2 heterocycles. The minimum atomic E-state index is -1.23. The second-order valence-corrected chi connectivity index (χ2v) is 7.32. The van der Waals surface area contributed by atoms with Crippen LogP contribution in [0.15, 0.2) is 27.4 Å². The van der Waals surface area contributed by atoms with E-state index in [9.17, 15) is 19.2 Å². The van der Waals surface area contributed by atoms with Gasteiger partial charge in [-0.1, -0.05) is 0 Å². The smallest absolute Gasteiger partial charge is 0.417 e. The number of carboxylic acid groups (broad SMARTS) is 1. The van der Waals surface area contributed by atoms with E-state index in [1.165, 1.54) is 13.0 Å². The minimum Gasteiger partial charge on any atom is -0.465 e. The number of carbonyl (C=O) groups is 3. The summed E-state index contributed by atoms with van der Waals surface area (Å²) in [4.78, 5) is 50.9. The molecule has 10 heteroatoms. The van der Waals surface area contributed by atoms with Gasteiger partial charge < -0.3 is 25.1 Å². The first-order valence-corrected chi connectivity index (χ1v) is 9.46. The topological polar surface area (TPSA) is 145 Å². The molecule has 1 saturated heterocycles. The number of benzene rings is 1. The fraction of sp³-hybridized carbons (Fsp3) is 0.474. The number of carbonyl (C=O) groups excluding carboxylic acids is 2. The molecule has 4 N–H and O–H groups in total. The Morgan fingerprint density at radius 1 is 1.21 bits per heavy atom. The monoisotopic (exact) mass is 404 g/mol. The van der Waals surface area contributed by atoms with Crippen LogP contribution in [-0.2, 0) is 4.79 Å². The molecular weight excluding hydrogens is 380 g/mol. The third-order valence-electron chi connectivity index (χ3n) is 5.31. The van der Waals surface area contributed by atoms with E-state index in [1.807, 2.05) is 6.92 Å². The van der Waals surface area contributed by atoms with Crippen LogP contribution in [0.5, 0.6) is 0 Å². The van der Waals surface area contributed by atoms with Gasteiger partial charge in [0.25, 0.3) is 5.91 Å². The fourth-order valence-electron chi connectivity index (χ4n) is 3.64. The number of oxazole rings is 1. The maximum Gasteiger partial charge on any atom is 0.417 e. The predicted molar refractivity (Wildman–Crippen MR) is 104 cm³/mol. The van der Waals surface area contributed by atoms with Crippen molar-refractivity contribution in [3.8, 4) is 0 Å². The Balaban J connectivity index is 1.54. The molecule has 1 unspecified atom stereocenters. The number of aromatic nitrogens is 1. The number of nitrogens with one attached hydrogen (secondary N) is 3. The average Bonchev–Trinajstić information content (AvgIpc) is 3.06. The average molecular weight is 404 g/mol. The van der Waals surface area contributed by atoms with Crippen LogP contribution in [0.25, 0.3) is 11.1 Å². The molecule has 0 saturated carbocycles. The first kappa shape index (κ1) is 20.4. The Labute approximate surface area is 166 Å². The number of likely N-dealkylation sites (tertiary alicyclic amines) is 1. The summed E-state index contributed by atoms with van der Waals surface area (Å²) < 4.78 is 4.99. The minimum absolute atomic E-state index is 0.108. The van der Waals surface area contributed by atoms with Crippen molar-refractivity contribution in [2.24, 2.45) is 5.92 Å². The van der Waals surface area contributed by atoms with Crippen LogP contribution in [0.3, 0.4) is 0 Å². The van der Waals surface area contributed by atoms with E-state index in [4.69, 9.17) is 9.52 Å². The van der Waals surface area contributed by atoms with Gasteiger partial charge in [0.1, 0.15) is 6.04 Å². The largest absolute Gasteiger partial charge is 0.465 e. The lowest BCUT2D eigenvalue weighted by Gasteiger charge is -2.36. The van der Waals surface area contributed by atoms with Gasteiger partial charge in [-0.15, -0.1) is 0 Å². The van der Waals surface area contributed by atoms with Crippen molar-refractivity contribution in [3.63, 3.8) is 0 Å². The van der Waals surface area contributed by atoms with E-state index < -0.39 is 17.9 Å². The van der Waals surface area contributed by atoms with Crippen LogP contribution in [0, 0.1) is 5.92 Å². The van der Waals surface area contributed by atoms with Crippen molar-refractivity contribution >= 4 is 29.0 Å². The van der Waals surface area contributed by atoms with Crippen LogP contribution in [-0.4, -0.2) is 58.1 Å². The molecule has 1 aromatic carbocycles. The lowest BCUT2D eigenvalue weighted by molar-refractivity contribution is -0.134. The lowest BCUT2D eigenvalue weighted by Crippen LogP contribution is -2.51. The highest BCUT2D eigenvalue weighted by atomic mass is 16.4. The molecule has 1 aromatic heterocycles. The summed E-state index contributed by atoms with van der Waals surface area (Å²) in [5, 5.41) is 13.9. The van der Waals surface area contributed by atoms with Crippen LogP contribution in [0.1, 0.15) is 37.0 Å². The number of rotatable bonds is 5. The summed E-state index contributed by atoms with van der Waals surface area (Å²) in [6.07, 6.45) is 0.186. The van der Waals surface area contributed by atoms with Crippen molar-refractivity contribution in [1.82, 2.24) is 20.5 Å². The molecule has 0 radical (unpaired) electrons. The molecule has 1 aliphatic rings. The molecule has 0 spiro atoms. The lowest BCUT2D eigenvalue weighted by atomic mass is 9.90. The quantitative estimate of drug-likeness (QED) is 0.588. The van der Waals surface area contributed by atoms with Crippen molar-refractivity contribution in [2.45, 2.75) is 38.8 Å². The molecule has 0 aliphatic carbocycles. The number of hydrogen-bond donors (Lipinski definition) is 4. The summed E-state index contributed by atoms with van der Waals surface area (Å²) >= 11 is 0. The van der Waals surface area contributed by atoms with Crippen molar-refractivity contribution in [1.29, 1.82) is 0 Å². The number of fused-ring (bicyclic) bond motifs is 1. The van der Waals surface area contributed by atoms with Gasteiger partial charge in [0.2, 0.25) is 5.91 Å². The second-order valence-electron chi connectivity index (χ2n) is 7.32. The molecule has 29 heavy (non-hydrogen) atoms. The van der Waals surface area contributed by atoms with E-state index >= 15 is 0 Å². The first-order valence-electron chi connectivity index (χ1n) is 9.46. The van der Waals surface area contributed by atoms with E-state index in [0.29, 0.717) is 42.6 Å². The molecule has 2 atom stereocenters. The Bertz CT molecular complexity index is 972. The summed E-state index contributed by atoms with van der Waals surface area (Å²) in [5.41, 5.74) is 1.25. The highest BCUT2D eigenvalue weighted by Gasteiger charge is 2.29. The van der Waals surface area contributed by atoms with Gasteiger partial charge in [0, 0.05) is 24.7 Å². The molecule has 2 aromatic rings. The van der Waals surface area contributed by atoms with Crippen molar-refractivity contribution in [2.75, 3.05) is 13.1 Å². The third kappa shape index (κ3) is 4.76. The van der Waals surface area contributed by atoms with Gasteiger partial charge in [0.15, 0.2) is 5.58 Å². The first-order chi connectivity index (χ1) is 13.7. The highest BCUT2D eigenvalue weighted by molar-refractivity contribution is 5.97. The van der Waals surface area contributed by atoms with Crippen LogP contribution >= 0.6 is 0 Å². The zero-order chi connectivity index (χ0) is 21.1. The predicted octanol–water partition coefficient (Wildman–Crippen LogP) is 1.13. The number of aromatic amines is 1. The summed E-state index contributed by atoms with van der Waals surface area (Å²) in [5.74, 6) is -0.885. The van der Waals surface area contributed by atoms with Gasteiger partial charge in [0.05, 0.1) is 5.52 Å². The SMILES string of the molecule is CC(NC(=O)c1ccc2[nH]c(=O)oc2c1)C1CCN(C(=O)[C@H](C)NC(=O)O)CC1. The molecule has 0 bridgehead atoms. The summed E-state index contributed by atoms with van der Waals surface area (Å²) in [6, 6.07) is 3.87. The van der Waals surface area contributed by atoms with Gasteiger partial charge in [-0.3, -0.25) is 14.6 Å². The number of hydrogen-bond acceptors (Lipinski definition) is 5. The van der Waals surface area contributed by atoms with Crippen molar-refractivity contribution in [3.05, 3.63) is 34.3 Å². The second kappa shape index (κ2) is 8.38. The Morgan fingerprint density at radius 3 is 2.55 bits per heavy atom. The third-order valence-corrected chi connectivity index (χ3v) is 5.31. The zero-order valence-electron chi connectivity index (χ0n) is 16.2. The molecule has 1 aliphatic heterocycles. The maximum atomic E-state index is 12.5. The van der Waals surface area contributed by atoms with Gasteiger partial charge in [-0.05, 0) is 50.8 Å². The number of piperidine rings is 1. The zero-order valence-corrected chi connectivity index (χ0v) is 16.2. The van der Waals surface area contributed by atoms with Gasteiger partial charge in [-0.2, -0.15) is 0 Å². The summed E-state index contributed by atoms with van der Waals surface area (Å²) in [6.45, 7) is 4.46. The van der Waals surface area contributed by atoms with E-state index in [-0.39, 0.29) is 23.8 Å². The fourth-order valence-corrected chi connectivity index (χ4v) is 3.64. The molecule has 1 fully saturated rings. The molecular formula is C19H24N4O6. The Morgan fingerprint density at radius 2 is 1.90 bits per heavy atom. The van der Waals surface area contributed by atoms with E-state index in [1.54, 1.807) is 17.0 Å². The number of amides is 3. The normalized spacial score (nSPS) is 17.0. The number of H-pyrrole nitrogens is 1. The number of nitrogens with zero attached hydrogens (tertiary/aromatic N) is 1. The van der Waals surface area contributed by atoms with Crippen molar-refractivity contribution < 1.29 is 23.9 Å². The van der Waals surface area contributed by atoms with Gasteiger partial charge >= 0.3 is 11.8 Å². The Hall–Kier alpha value is -3.30. The van der Waals surface area contributed by atoms with Crippen LogP contribution in [0.2, 0.25) is 0 Å². The van der Waals surface area contributed by atoms with E-state index in [2.05, 4.69) is 15.6 Å². The Kier molecular flexibility index (Phi) is 5.90. The summed E-state index contributed by atoms with van der Waals surface area (Å²) in [7, 11) is 0. The molecule has 156 valence electrons. The molecule has 10 nitrogen and oxygen atoms in total. The standard InChI is InChI=1S/C19H24N4O6/c1-10(12-5-7-23(8-6-12)17(25)11(2)21-18(26)27)20-16(24)13-3-4-14-15(9-13)29-19(28)22-14/h3-4,9-12,21H,5-8H2,1-2H3,(H,20,24)(H,22,28)(H,26,27)/t10?,11-/m0/s1. The maximum absolute atomic E-state index is 12.5. The highest BCUT2D eigenvalue weighted by Crippen LogP contribution is 2.22. The molecule has 3 amide bonds. The van der Waals surface area contributed by atoms with Gasteiger partial charge in [-0.25, -0.2) is 9.59 Å². The molecule has 3 rings (SSSR count). The van der Waals surface area contributed by atoms with Crippen LogP contribution in [0.4, 0.5) is 4.79 Å². The van der Waals surface area contributed by atoms with E-state index in [0.717, 1.165) is 0 Å².